The monoisotopic (exact) mass is 386 g/mol. The van der Waals surface area contributed by atoms with Crippen LogP contribution in [0.25, 0.3) is 0 Å². The standard InChI is InChI=1S/C19H26N6O3/c1-22-8-6-20-19(22)18(28)15-11-14-12-24(9-10-25(14)21-15)17(27)13-23-7-4-2-3-5-16(23)26/h6,8,11,18,28H,2-5,7,9-10,12-13H2,1H3/t18-/m0/s1. The van der Waals surface area contributed by atoms with E-state index in [9.17, 15) is 14.7 Å². The number of amides is 2. The van der Waals surface area contributed by atoms with E-state index in [0.717, 1.165) is 25.0 Å². The van der Waals surface area contributed by atoms with Crippen LogP contribution in [0.5, 0.6) is 0 Å². The SMILES string of the molecule is Cn1ccnc1[C@@H](O)c1cc2n(n1)CCN(C(=O)CN1CCCCCC1=O)C2. The van der Waals surface area contributed by atoms with Gasteiger partial charge in [0.15, 0.2) is 6.10 Å². The highest BCUT2D eigenvalue weighted by Crippen LogP contribution is 2.22. The zero-order valence-electron chi connectivity index (χ0n) is 16.1. The third kappa shape index (κ3) is 3.66. The van der Waals surface area contributed by atoms with Gasteiger partial charge in [-0.25, -0.2) is 4.98 Å². The molecule has 2 aliphatic rings. The number of hydrogen-bond donors (Lipinski definition) is 1. The van der Waals surface area contributed by atoms with Crippen molar-refractivity contribution in [3.63, 3.8) is 0 Å². The van der Waals surface area contributed by atoms with Crippen LogP contribution >= 0.6 is 0 Å². The Kier molecular flexibility index (Phi) is 5.17. The number of carbonyl (C=O) groups excluding carboxylic acids is 2. The number of carbonyl (C=O) groups is 2. The molecular weight excluding hydrogens is 360 g/mol. The maximum Gasteiger partial charge on any atom is 0.242 e. The first-order valence-electron chi connectivity index (χ1n) is 9.80. The molecule has 0 spiro atoms. The maximum atomic E-state index is 12.7. The molecule has 9 nitrogen and oxygen atoms in total. The predicted octanol–water partition coefficient (Wildman–Crippen LogP) is 0.443. The lowest BCUT2D eigenvalue weighted by molar-refractivity contribution is -0.141. The lowest BCUT2D eigenvalue weighted by Gasteiger charge is -2.30. The second kappa shape index (κ2) is 7.75. The molecule has 2 amide bonds. The molecule has 2 aliphatic heterocycles. The van der Waals surface area contributed by atoms with Crippen LogP contribution in [0.1, 0.15) is 49.0 Å². The van der Waals surface area contributed by atoms with Crippen molar-refractivity contribution in [2.45, 2.75) is 44.9 Å². The van der Waals surface area contributed by atoms with Gasteiger partial charge in [-0.2, -0.15) is 5.10 Å². The summed E-state index contributed by atoms with van der Waals surface area (Å²) < 4.78 is 3.60. The summed E-state index contributed by atoms with van der Waals surface area (Å²) in [5.74, 6) is 0.574. The van der Waals surface area contributed by atoms with Gasteiger partial charge >= 0.3 is 0 Å². The van der Waals surface area contributed by atoms with Crippen LogP contribution in [0.15, 0.2) is 18.5 Å². The fourth-order valence-corrected chi connectivity index (χ4v) is 3.88. The molecule has 1 fully saturated rings. The van der Waals surface area contributed by atoms with E-state index in [1.807, 2.05) is 17.8 Å². The fourth-order valence-electron chi connectivity index (χ4n) is 3.88. The summed E-state index contributed by atoms with van der Waals surface area (Å²) in [4.78, 5) is 32.5. The third-order valence-electron chi connectivity index (χ3n) is 5.55. The molecule has 150 valence electrons. The number of aromatic nitrogens is 4. The number of fused-ring (bicyclic) bond motifs is 1. The Bertz CT molecular complexity index is 873. The summed E-state index contributed by atoms with van der Waals surface area (Å²) in [7, 11) is 1.83. The minimum atomic E-state index is -0.906. The minimum absolute atomic E-state index is 0.0334. The van der Waals surface area contributed by atoms with Crippen LogP contribution in [0, 0.1) is 0 Å². The first-order chi connectivity index (χ1) is 13.5. The van der Waals surface area contributed by atoms with Gasteiger partial charge in [-0.1, -0.05) is 6.42 Å². The van der Waals surface area contributed by atoms with Crippen LogP contribution in [-0.2, 0) is 29.7 Å². The zero-order valence-corrected chi connectivity index (χ0v) is 16.1. The molecule has 9 heteroatoms. The van der Waals surface area contributed by atoms with E-state index in [1.54, 1.807) is 26.8 Å². The second-order valence-corrected chi connectivity index (χ2v) is 7.52. The predicted molar refractivity (Wildman–Crippen MR) is 100.0 cm³/mol. The number of nitrogens with zero attached hydrogens (tertiary/aromatic N) is 6. The van der Waals surface area contributed by atoms with Crippen LogP contribution in [0.3, 0.4) is 0 Å². The fraction of sp³-hybridized carbons (Fsp3) is 0.579. The molecule has 2 aromatic rings. The number of aliphatic hydroxyl groups is 1. The average molecular weight is 386 g/mol. The molecule has 0 radical (unpaired) electrons. The van der Waals surface area contributed by atoms with Crippen molar-refractivity contribution in [1.82, 2.24) is 29.1 Å². The summed E-state index contributed by atoms with van der Waals surface area (Å²) in [6, 6.07) is 1.83. The average Bonchev–Trinajstić information content (AvgIpc) is 3.25. The number of rotatable bonds is 4. The van der Waals surface area contributed by atoms with Crippen LogP contribution in [0.2, 0.25) is 0 Å². The summed E-state index contributed by atoms with van der Waals surface area (Å²) in [5, 5.41) is 15.1. The Morgan fingerprint density at radius 2 is 2.11 bits per heavy atom. The van der Waals surface area contributed by atoms with Crippen molar-refractivity contribution in [3.8, 4) is 0 Å². The van der Waals surface area contributed by atoms with E-state index in [0.29, 0.717) is 44.1 Å². The third-order valence-corrected chi connectivity index (χ3v) is 5.55. The van der Waals surface area contributed by atoms with Gasteiger partial charge in [-0.05, 0) is 18.9 Å². The van der Waals surface area contributed by atoms with Crippen molar-refractivity contribution >= 4 is 11.8 Å². The Labute approximate surface area is 163 Å². The summed E-state index contributed by atoms with van der Waals surface area (Å²) in [5.41, 5.74) is 1.41. The van der Waals surface area contributed by atoms with Gasteiger partial charge in [-0.3, -0.25) is 14.3 Å². The number of likely N-dealkylation sites (tertiary alicyclic amines) is 1. The van der Waals surface area contributed by atoms with Crippen molar-refractivity contribution in [1.29, 1.82) is 0 Å². The molecule has 4 rings (SSSR count). The van der Waals surface area contributed by atoms with Crippen LogP contribution < -0.4 is 0 Å². The van der Waals surface area contributed by atoms with E-state index in [1.165, 1.54) is 0 Å². The Balaban J connectivity index is 1.43. The molecule has 4 heterocycles. The molecule has 0 unspecified atom stereocenters. The van der Waals surface area contributed by atoms with E-state index >= 15 is 0 Å². The van der Waals surface area contributed by atoms with E-state index < -0.39 is 6.10 Å². The number of imidazole rings is 1. The molecule has 1 atom stereocenters. The lowest BCUT2D eigenvalue weighted by atomic mass is 10.2. The van der Waals surface area contributed by atoms with E-state index in [2.05, 4.69) is 10.1 Å². The highest BCUT2D eigenvalue weighted by Gasteiger charge is 2.27. The highest BCUT2D eigenvalue weighted by atomic mass is 16.3. The first-order valence-corrected chi connectivity index (χ1v) is 9.80. The largest absolute Gasteiger partial charge is 0.379 e. The normalized spacial score (nSPS) is 18.7. The van der Waals surface area contributed by atoms with Gasteiger partial charge in [0, 0.05) is 39.0 Å². The summed E-state index contributed by atoms with van der Waals surface area (Å²) in [6.45, 7) is 2.36. The molecule has 0 saturated carbocycles. The molecule has 1 N–H and O–H groups in total. The summed E-state index contributed by atoms with van der Waals surface area (Å²) in [6.07, 6.45) is 5.96. The van der Waals surface area contributed by atoms with Gasteiger partial charge in [-0.15, -0.1) is 0 Å². The van der Waals surface area contributed by atoms with Gasteiger partial charge in [0.2, 0.25) is 11.8 Å². The molecule has 0 aliphatic carbocycles. The Morgan fingerprint density at radius 1 is 1.25 bits per heavy atom. The number of aryl methyl sites for hydroxylation is 1. The van der Waals surface area contributed by atoms with Gasteiger partial charge in [0.05, 0.1) is 31.0 Å². The van der Waals surface area contributed by atoms with E-state index in [4.69, 9.17) is 0 Å². The topological polar surface area (TPSA) is 96.5 Å². The van der Waals surface area contributed by atoms with Crippen molar-refractivity contribution in [3.05, 3.63) is 35.7 Å². The number of aliphatic hydroxyl groups excluding tert-OH is 1. The van der Waals surface area contributed by atoms with Crippen molar-refractivity contribution in [2.75, 3.05) is 19.6 Å². The van der Waals surface area contributed by atoms with E-state index in [-0.39, 0.29) is 18.4 Å². The number of hydrogen-bond acceptors (Lipinski definition) is 5. The first kappa shape index (κ1) is 18.7. The molecule has 0 bridgehead atoms. The molecular formula is C19H26N6O3. The molecule has 28 heavy (non-hydrogen) atoms. The van der Waals surface area contributed by atoms with Gasteiger partial charge in [0.1, 0.15) is 5.82 Å². The Morgan fingerprint density at radius 3 is 2.89 bits per heavy atom. The van der Waals surface area contributed by atoms with Crippen LogP contribution in [-0.4, -0.2) is 65.7 Å². The van der Waals surface area contributed by atoms with Crippen molar-refractivity contribution in [2.24, 2.45) is 7.05 Å². The lowest BCUT2D eigenvalue weighted by Crippen LogP contribution is -2.45. The molecule has 2 aromatic heterocycles. The molecule has 0 aromatic carbocycles. The van der Waals surface area contributed by atoms with Gasteiger partial charge < -0.3 is 19.5 Å². The second-order valence-electron chi connectivity index (χ2n) is 7.52. The quantitative estimate of drug-likeness (QED) is 0.823. The Hall–Kier alpha value is -2.68. The zero-order chi connectivity index (χ0) is 19.7. The highest BCUT2D eigenvalue weighted by molar-refractivity contribution is 5.85. The minimum Gasteiger partial charge on any atom is -0.379 e. The maximum absolute atomic E-state index is 12.7. The van der Waals surface area contributed by atoms with Crippen LogP contribution in [0.4, 0.5) is 0 Å². The smallest absolute Gasteiger partial charge is 0.242 e. The summed E-state index contributed by atoms with van der Waals surface area (Å²) >= 11 is 0. The molecule has 1 saturated heterocycles. The van der Waals surface area contributed by atoms with Crippen molar-refractivity contribution < 1.29 is 14.7 Å². The van der Waals surface area contributed by atoms with Gasteiger partial charge in [0.25, 0.3) is 0 Å².